The molecule has 0 bridgehead atoms. The second kappa shape index (κ2) is 14.1. The van der Waals surface area contributed by atoms with E-state index < -0.39 is 59.9 Å². The molecular weight excluding hydrogens is 655 g/mol. The van der Waals surface area contributed by atoms with Gasteiger partial charge in [0.1, 0.15) is 23.5 Å². The first-order chi connectivity index (χ1) is 23.9. The Morgan fingerprint density at radius 2 is 1.90 bits per heavy atom. The molecule has 2 aliphatic heterocycles. The Bertz CT molecular complexity index is 1910. The van der Waals surface area contributed by atoms with E-state index in [2.05, 4.69) is 19.9 Å². The molecule has 0 aliphatic carbocycles. The molecule has 0 unspecified atom stereocenters. The highest BCUT2D eigenvalue weighted by Gasteiger charge is 2.57. The molecule has 6 rings (SSSR count). The van der Waals surface area contributed by atoms with Gasteiger partial charge < -0.3 is 25.2 Å². The molecule has 4 aromatic rings. The van der Waals surface area contributed by atoms with Crippen LogP contribution in [0.3, 0.4) is 0 Å². The van der Waals surface area contributed by atoms with Gasteiger partial charge in [0.25, 0.3) is 11.5 Å². The number of aliphatic hydroxyl groups is 1. The highest BCUT2D eigenvalue weighted by Crippen LogP contribution is 2.41. The van der Waals surface area contributed by atoms with E-state index in [0.29, 0.717) is 31.9 Å². The molecule has 2 saturated heterocycles. The van der Waals surface area contributed by atoms with Crippen molar-refractivity contribution >= 4 is 11.6 Å². The van der Waals surface area contributed by atoms with Gasteiger partial charge in [0.05, 0.1) is 26.7 Å². The largest absolute Gasteiger partial charge is 0.494 e. The molecule has 12 nitrogen and oxygen atoms in total. The molecule has 0 radical (unpaired) electrons. The fraction of sp³-hybridized carbons (Fsp3) is 0.400. The minimum absolute atomic E-state index is 0.0715. The van der Waals surface area contributed by atoms with Crippen molar-refractivity contribution < 1.29 is 32.5 Å². The van der Waals surface area contributed by atoms with Crippen LogP contribution in [0, 0.1) is 18.7 Å². The van der Waals surface area contributed by atoms with Gasteiger partial charge in [-0.15, -0.1) is 0 Å². The molecule has 0 saturated carbocycles. The number of nitrogens with zero attached hydrogens (tertiary/aromatic N) is 6. The third kappa shape index (κ3) is 7.14. The van der Waals surface area contributed by atoms with Gasteiger partial charge in [-0.25, -0.2) is 28.1 Å². The van der Waals surface area contributed by atoms with Crippen molar-refractivity contribution in [1.82, 2.24) is 29.3 Å². The van der Waals surface area contributed by atoms with E-state index in [4.69, 9.17) is 15.2 Å². The van der Waals surface area contributed by atoms with E-state index in [0.717, 1.165) is 33.1 Å². The molecule has 0 spiro atoms. The second-order valence-corrected chi connectivity index (χ2v) is 12.8. The minimum Gasteiger partial charge on any atom is -0.494 e. The van der Waals surface area contributed by atoms with E-state index in [1.54, 1.807) is 6.20 Å². The number of aromatic nitrogens is 4. The lowest BCUT2D eigenvalue weighted by atomic mass is 9.78. The van der Waals surface area contributed by atoms with E-state index in [1.165, 1.54) is 19.2 Å². The average Bonchev–Trinajstić information content (AvgIpc) is 3.10. The van der Waals surface area contributed by atoms with Gasteiger partial charge in [-0.1, -0.05) is 30.3 Å². The maximum atomic E-state index is 15.9. The number of piperidine rings is 2. The number of aryl methyl sites for hydroxylation is 1. The maximum absolute atomic E-state index is 15.9. The highest BCUT2D eigenvalue weighted by molar-refractivity contribution is 5.80. The van der Waals surface area contributed by atoms with E-state index in [-0.39, 0.29) is 29.8 Å². The van der Waals surface area contributed by atoms with E-state index >= 15 is 8.78 Å². The number of ether oxygens (including phenoxy) is 2. The number of halogens is 3. The number of hydrogen-bond acceptors (Lipinski definition) is 10. The monoisotopic (exact) mass is 693 g/mol. The van der Waals surface area contributed by atoms with Crippen LogP contribution in [-0.2, 0) is 17.9 Å². The van der Waals surface area contributed by atoms with E-state index in [1.807, 2.05) is 43.3 Å². The fourth-order valence-corrected chi connectivity index (χ4v) is 6.64. The number of carbonyl (C=O) groups is 1. The summed E-state index contributed by atoms with van der Waals surface area (Å²) in [6.07, 6.45) is 2.60. The van der Waals surface area contributed by atoms with Crippen molar-refractivity contribution in [2.45, 2.75) is 50.3 Å². The van der Waals surface area contributed by atoms with Crippen molar-refractivity contribution in [2.24, 2.45) is 5.92 Å². The smallest absolute Gasteiger partial charge is 0.295 e. The van der Waals surface area contributed by atoms with Crippen LogP contribution in [0.1, 0.15) is 35.8 Å². The van der Waals surface area contributed by atoms with Crippen LogP contribution in [0.25, 0.3) is 0 Å². The first-order valence-electron chi connectivity index (χ1n) is 16.2. The van der Waals surface area contributed by atoms with Crippen molar-refractivity contribution in [3.05, 3.63) is 100 Å². The van der Waals surface area contributed by atoms with Crippen molar-refractivity contribution in [2.75, 3.05) is 39.0 Å². The van der Waals surface area contributed by atoms with Gasteiger partial charge in [-0.3, -0.25) is 19.1 Å². The third-order valence-electron chi connectivity index (χ3n) is 9.43. The zero-order valence-corrected chi connectivity index (χ0v) is 27.6. The molecule has 264 valence electrons. The number of rotatable bonds is 9. The van der Waals surface area contributed by atoms with Crippen molar-refractivity contribution in [3.8, 4) is 17.4 Å². The fourth-order valence-electron chi connectivity index (χ4n) is 6.64. The number of alkyl halides is 2. The Morgan fingerprint density at radius 3 is 2.62 bits per heavy atom. The number of likely N-dealkylation sites (tertiary alicyclic amines) is 2. The van der Waals surface area contributed by atoms with Crippen LogP contribution in [-0.4, -0.2) is 85.1 Å². The number of nitrogen functional groups attached to an aromatic ring is 1. The van der Waals surface area contributed by atoms with Gasteiger partial charge >= 0.3 is 0 Å². The van der Waals surface area contributed by atoms with Gasteiger partial charge in [0.2, 0.25) is 11.8 Å². The minimum atomic E-state index is -3.78. The number of nitrogens with two attached hydrogens (primary N) is 1. The van der Waals surface area contributed by atoms with Crippen LogP contribution in [0.2, 0.25) is 0 Å². The Hall–Kier alpha value is -5.02. The number of benzene rings is 2. The summed E-state index contributed by atoms with van der Waals surface area (Å²) in [7, 11) is 1.27. The van der Waals surface area contributed by atoms with Crippen LogP contribution < -0.4 is 20.8 Å². The molecule has 2 aromatic carbocycles. The summed E-state index contributed by atoms with van der Waals surface area (Å²) in [6.45, 7) is 1.46. The molecule has 3 N–H and O–H groups in total. The molecule has 2 fully saturated rings. The summed E-state index contributed by atoms with van der Waals surface area (Å²) >= 11 is 0. The normalized spacial score (nSPS) is 22.2. The van der Waals surface area contributed by atoms with Gasteiger partial charge in [0.15, 0.2) is 17.3 Å². The van der Waals surface area contributed by atoms with E-state index in [9.17, 15) is 19.1 Å². The van der Waals surface area contributed by atoms with Crippen LogP contribution in [0.4, 0.5) is 18.9 Å². The summed E-state index contributed by atoms with van der Waals surface area (Å²) in [4.78, 5) is 43.2. The molecule has 50 heavy (non-hydrogen) atoms. The van der Waals surface area contributed by atoms with Crippen LogP contribution in [0.5, 0.6) is 17.4 Å². The summed E-state index contributed by atoms with van der Waals surface area (Å²) < 4.78 is 56.8. The van der Waals surface area contributed by atoms with Crippen LogP contribution >= 0.6 is 0 Å². The van der Waals surface area contributed by atoms with Crippen molar-refractivity contribution in [3.63, 3.8) is 0 Å². The average molecular weight is 694 g/mol. The lowest BCUT2D eigenvalue weighted by Gasteiger charge is -2.46. The summed E-state index contributed by atoms with van der Waals surface area (Å²) in [5, 5.41) is 11.3. The maximum Gasteiger partial charge on any atom is 0.295 e. The standard InChI is InChI=1S/C35H38F3N7O5/c1-22-10-13-40-29(42-22)18-43-14-11-25(26(17-43)23-6-4-3-5-7-23)32(46)44-15-12-34(48,35(37,38)20-44)19-45-21-41-31(30(39)33(45)47)50-24-8-9-27(36)28(16-24)49-2/h3-10,13,16,21,25-26,48H,11-12,14-15,17-20,39H2,1-2H3/t25-,26+,34+/m1/s1. The number of carbonyl (C=O) groups excluding carboxylic acids is 1. The first kappa shape index (κ1) is 34.8. The molecule has 2 aliphatic rings. The summed E-state index contributed by atoms with van der Waals surface area (Å²) in [6, 6.07) is 14.9. The zero-order valence-electron chi connectivity index (χ0n) is 27.6. The molecular formula is C35H38F3N7O5. The molecule has 2 aromatic heterocycles. The Kier molecular flexibility index (Phi) is 9.80. The Balaban J connectivity index is 1.15. The van der Waals surface area contributed by atoms with Crippen molar-refractivity contribution in [1.29, 1.82) is 0 Å². The van der Waals surface area contributed by atoms with Gasteiger partial charge in [0, 0.05) is 49.3 Å². The lowest BCUT2D eigenvalue weighted by Crippen LogP contribution is -2.64. The summed E-state index contributed by atoms with van der Waals surface area (Å²) in [5.41, 5.74) is 3.64. The third-order valence-corrected chi connectivity index (χ3v) is 9.43. The number of anilines is 1. The molecule has 1 amide bonds. The Morgan fingerprint density at radius 1 is 1.12 bits per heavy atom. The molecule has 15 heteroatoms. The number of hydrogen-bond donors (Lipinski definition) is 2. The van der Waals surface area contributed by atoms with Gasteiger partial charge in [-0.05, 0) is 43.7 Å². The van der Waals surface area contributed by atoms with Gasteiger partial charge in [-0.2, -0.15) is 0 Å². The first-order valence-corrected chi connectivity index (χ1v) is 16.2. The predicted molar refractivity (Wildman–Crippen MR) is 176 cm³/mol. The molecule has 4 heterocycles. The molecule has 3 atom stereocenters. The second-order valence-electron chi connectivity index (χ2n) is 12.8. The lowest BCUT2D eigenvalue weighted by molar-refractivity contribution is -0.223. The number of amides is 1. The highest BCUT2D eigenvalue weighted by atomic mass is 19.3. The predicted octanol–water partition coefficient (Wildman–Crippen LogP) is 3.77. The zero-order chi connectivity index (χ0) is 35.6. The Labute approximate surface area is 286 Å². The quantitative estimate of drug-likeness (QED) is 0.266. The van der Waals surface area contributed by atoms with Crippen LogP contribution in [0.15, 0.2) is 71.9 Å². The SMILES string of the molecule is COc1cc(Oc2ncn(C[C@@]3(O)CCN(C(=O)[C@@H]4CCN(Cc5nccc(C)n5)C[C@H]4c4ccccc4)CC3(F)F)c(=O)c2N)ccc1F. The topological polar surface area (TPSA) is 149 Å². The summed E-state index contributed by atoms with van der Waals surface area (Å²) in [5.74, 6) is -5.35. The number of methoxy groups -OCH3 is 1.